The van der Waals surface area contributed by atoms with Crippen LogP contribution in [0.25, 0.3) is 5.57 Å². The van der Waals surface area contributed by atoms with E-state index >= 15 is 0 Å². The summed E-state index contributed by atoms with van der Waals surface area (Å²) in [6.45, 7) is 2.10. The Morgan fingerprint density at radius 3 is 2.80 bits per heavy atom. The molecule has 0 amide bonds. The summed E-state index contributed by atoms with van der Waals surface area (Å²) in [6.07, 6.45) is 2.69. The predicted octanol–water partition coefficient (Wildman–Crippen LogP) is 3.67. The van der Waals surface area contributed by atoms with Gasteiger partial charge in [-0.3, -0.25) is 4.79 Å². The number of nitrogens with one attached hydrogen (secondary N) is 1. The average molecular weight is 294 g/mol. The van der Waals surface area contributed by atoms with E-state index in [2.05, 4.69) is 12.2 Å². The summed E-state index contributed by atoms with van der Waals surface area (Å²) in [5.74, 6) is 0.834. The van der Waals surface area contributed by atoms with Gasteiger partial charge >= 0.3 is 0 Å². The van der Waals surface area contributed by atoms with E-state index in [-0.39, 0.29) is 11.7 Å². The molecule has 1 aromatic rings. The molecular weight excluding hydrogens is 274 g/mol. The summed E-state index contributed by atoms with van der Waals surface area (Å²) >= 11 is 6.16. The van der Waals surface area contributed by atoms with Crippen LogP contribution in [0.15, 0.2) is 23.9 Å². The third-order valence-electron chi connectivity index (χ3n) is 3.75. The molecule has 1 N–H and O–H groups in total. The summed E-state index contributed by atoms with van der Waals surface area (Å²) in [4.78, 5) is 12.6. The smallest absolute Gasteiger partial charge is 0.168 e. The fourth-order valence-corrected chi connectivity index (χ4v) is 3.06. The second kappa shape index (κ2) is 6.31. The second-order valence-corrected chi connectivity index (χ2v) is 5.39. The van der Waals surface area contributed by atoms with Crippen molar-refractivity contribution in [2.75, 3.05) is 14.2 Å². The average Bonchev–Trinajstić information content (AvgIpc) is 2.75. The lowest BCUT2D eigenvalue weighted by molar-refractivity contribution is -0.116. The highest BCUT2D eigenvalue weighted by molar-refractivity contribution is 6.33. The van der Waals surface area contributed by atoms with Crippen molar-refractivity contribution in [3.63, 3.8) is 0 Å². The highest BCUT2D eigenvalue weighted by Crippen LogP contribution is 2.41. The Kier molecular flexibility index (Phi) is 4.71. The Balaban J connectivity index is 2.50. The molecule has 108 valence electrons. The molecule has 0 fully saturated rings. The summed E-state index contributed by atoms with van der Waals surface area (Å²) < 4.78 is 5.38. The molecule has 1 aliphatic carbocycles. The van der Waals surface area contributed by atoms with Crippen LogP contribution in [0.1, 0.15) is 31.7 Å². The SMILES string of the molecule is CCCC1CC(NC)=C(c2cccc(Cl)c2OC)C1=O. The molecule has 0 heterocycles. The van der Waals surface area contributed by atoms with Crippen molar-refractivity contribution in [2.45, 2.75) is 26.2 Å². The Morgan fingerprint density at radius 1 is 1.45 bits per heavy atom. The first-order chi connectivity index (χ1) is 9.63. The van der Waals surface area contributed by atoms with Gasteiger partial charge in [0.2, 0.25) is 0 Å². The summed E-state index contributed by atoms with van der Waals surface area (Å²) in [7, 11) is 3.43. The predicted molar refractivity (Wildman–Crippen MR) is 82.0 cm³/mol. The van der Waals surface area contributed by atoms with Crippen molar-refractivity contribution in [1.29, 1.82) is 0 Å². The zero-order valence-electron chi connectivity index (χ0n) is 12.1. The van der Waals surface area contributed by atoms with Crippen molar-refractivity contribution < 1.29 is 9.53 Å². The largest absolute Gasteiger partial charge is 0.495 e. The van der Waals surface area contributed by atoms with Gasteiger partial charge in [-0.15, -0.1) is 0 Å². The second-order valence-electron chi connectivity index (χ2n) is 4.98. The van der Waals surface area contributed by atoms with Crippen LogP contribution in [-0.4, -0.2) is 19.9 Å². The molecule has 1 atom stereocenters. The normalized spacial score (nSPS) is 18.6. The summed E-state index contributed by atoms with van der Waals surface area (Å²) in [5, 5.41) is 3.69. The Bertz CT molecular complexity index is 551. The van der Waals surface area contributed by atoms with Gasteiger partial charge in [0.05, 0.1) is 12.1 Å². The number of hydrogen-bond acceptors (Lipinski definition) is 3. The lowest BCUT2D eigenvalue weighted by atomic mass is 9.95. The van der Waals surface area contributed by atoms with E-state index in [0.717, 1.165) is 36.1 Å². The number of methoxy groups -OCH3 is 1. The van der Waals surface area contributed by atoms with Crippen molar-refractivity contribution in [3.05, 3.63) is 34.5 Å². The number of Topliss-reactive ketones (excluding diaryl/α,β-unsaturated/α-hetero) is 1. The van der Waals surface area contributed by atoms with Gasteiger partial charge in [-0.1, -0.05) is 37.1 Å². The van der Waals surface area contributed by atoms with Crippen molar-refractivity contribution in [2.24, 2.45) is 5.92 Å². The van der Waals surface area contributed by atoms with Gasteiger partial charge in [-0.05, 0) is 18.9 Å². The fraction of sp³-hybridized carbons (Fsp3) is 0.438. The topological polar surface area (TPSA) is 38.3 Å². The number of carbonyl (C=O) groups excluding carboxylic acids is 1. The summed E-state index contributed by atoms with van der Waals surface area (Å²) in [5.41, 5.74) is 2.49. The third-order valence-corrected chi connectivity index (χ3v) is 4.05. The molecule has 0 bridgehead atoms. The van der Waals surface area contributed by atoms with Gasteiger partial charge in [-0.2, -0.15) is 0 Å². The van der Waals surface area contributed by atoms with Crippen LogP contribution in [0, 0.1) is 5.92 Å². The molecule has 2 rings (SSSR count). The van der Waals surface area contributed by atoms with E-state index in [4.69, 9.17) is 16.3 Å². The van der Waals surface area contributed by atoms with E-state index < -0.39 is 0 Å². The van der Waals surface area contributed by atoms with E-state index in [9.17, 15) is 4.79 Å². The number of allylic oxidation sites excluding steroid dienone is 2. The van der Waals surface area contributed by atoms with E-state index in [1.54, 1.807) is 13.2 Å². The number of ketones is 1. The van der Waals surface area contributed by atoms with Crippen LogP contribution in [-0.2, 0) is 4.79 Å². The maximum atomic E-state index is 12.6. The molecule has 0 radical (unpaired) electrons. The number of carbonyl (C=O) groups is 1. The van der Waals surface area contributed by atoms with Crippen LogP contribution in [0.4, 0.5) is 0 Å². The highest BCUT2D eigenvalue weighted by atomic mass is 35.5. The van der Waals surface area contributed by atoms with Crippen LogP contribution >= 0.6 is 11.6 Å². The lowest BCUT2D eigenvalue weighted by Crippen LogP contribution is -2.10. The molecule has 0 aromatic heterocycles. The maximum Gasteiger partial charge on any atom is 0.168 e. The van der Waals surface area contributed by atoms with Crippen LogP contribution in [0.3, 0.4) is 0 Å². The molecule has 0 spiro atoms. The molecule has 3 nitrogen and oxygen atoms in total. The van der Waals surface area contributed by atoms with Crippen LogP contribution in [0.5, 0.6) is 5.75 Å². The van der Waals surface area contributed by atoms with Crippen molar-refractivity contribution in [3.8, 4) is 5.75 Å². The maximum absolute atomic E-state index is 12.6. The quantitative estimate of drug-likeness (QED) is 0.900. The number of rotatable bonds is 5. The molecule has 1 aromatic carbocycles. The minimum absolute atomic E-state index is 0.0705. The van der Waals surface area contributed by atoms with Gasteiger partial charge in [-0.25, -0.2) is 0 Å². The Morgan fingerprint density at radius 2 is 2.20 bits per heavy atom. The minimum Gasteiger partial charge on any atom is -0.495 e. The van der Waals surface area contributed by atoms with Gasteiger partial charge in [0.25, 0.3) is 0 Å². The van der Waals surface area contributed by atoms with Gasteiger partial charge in [0, 0.05) is 29.8 Å². The first-order valence-corrected chi connectivity index (χ1v) is 7.29. The number of hydrogen-bond donors (Lipinski definition) is 1. The van der Waals surface area contributed by atoms with Crippen molar-refractivity contribution >= 4 is 23.0 Å². The standard InChI is InChI=1S/C16H20ClNO2/c1-4-6-10-9-13(18-2)14(15(10)19)11-7-5-8-12(17)16(11)20-3/h5,7-8,10,18H,4,6,9H2,1-3H3. The molecule has 0 aliphatic heterocycles. The Hall–Kier alpha value is -1.48. The first-order valence-electron chi connectivity index (χ1n) is 6.92. The minimum atomic E-state index is 0.0705. The fourth-order valence-electron chi connectivity index (χ4n) is 2.81. The zero-order valence-corrected chi connectivity index (χ0v) is 12.9. The molecule has 0 saturated heterocycles. The first kappa shape index (κ1) is 14.9. The molecule has 1 unspecified atom stereocenters. The number of para-hydroxylation sites is 1. The van der Waals surface area contributed by atoms with E-state index in [1.807, 2.05) is 19.2 Å². The van der Waals surface area contributed by atoms with Gasteiger partial charge in [0.1, 0.15) is 5.75 Å². The Labute approximate surface area is 125 Å². The van der Waals surface area contributed by atoms with Gasteiger partial charge in [0.15, 0.2) is 5.78 Å². The van der Waals surface area contributed by atoms with Crippen LogP contribution in [0.2, 0.25) is 5.02 Å². The molecular formula is C16H20ClNO2. The van der Waals surface area contributed by atoms with E-state index in [0.29, 0.717) is 10.8 Å². The molecule has 0 saturated carbocycles. The molecule has 20 heavy (non-hydrogen) atoms. The summed E-state index contributed by atoms with van der Waals surface area (Å²) in [6, 6.07) is 5.51. The number of halogens is 1. The molecule has 1 aliphatic rings. The van der Waals surface area contributed by atoms with Crippen LogP contribution < -0.4 is 10.1 Å². The third kappa shape index (κ3) is 2.55. The zero-order chi connectivity index (χ0) is 14.7. The molecule has 4 heteroatoms. The highest BCUT2D eigenvalue weighted by Gasteiger charge is 2.34. The number of ether oxygens (including phenoxy) is 1. The van der Waals surface area contributed by atoms with E-state index in [1.165, 1.54) is 0 Å². The monoisotopic (exact) mass is 293 g/mol. The number of benzene rings is 1. The van der Waals surface area contributed by atoms with Gasteiger partial charge < -0.3 is 10.1 Å². The lowest BCUT2D eigenvalue weighted by Gasteiger charge is -2.12. The van der Waals surface area contributed by atoms with Crippen molar-refractivity contribution in [1.82, 2.24) is 5.32 Å².